The Bertz CT molecular complexity index is 3690. The Kier molecular flexibility index (Phi) is 10.7. The van der Waals surface area contributed by atoms with Crippen molar-refractivity contribution in [3.63, 3.8) is 0 Å². The minimum Gasteiger partial charge on any atom is -0.311 e. The molecular weight excluding hydrogens is 972 g/mol. The molecule has 79 heavy (non-hydrogen) atoms. The fraction of sp³-hybridized carbons (Fsp3) is 0.493. The summed E-state index contributed by atoms with van der Waals surface area (Å²) in [4.78, 5) is 5.75. The van der Waals surface area contributed by atoms with Gasteiger partial charge >= 0.3 is 0 Å². The molecule has 4 fully saturated rings. The van der Waals surface area contributed by atoms with Crippen molar-refractivity contribution in [2.45, 2.75) is 218 Å². The summed E-state index contributed by atoms with van der Waals surface area (Å²) in [6, 6.07) is 43.6. The second-order valence-corrected chi connectivity index (χ2v) is 32.8. The zero-order valence-electron chi connectivity index (χ0n) is 50.5. The molecule has 4 heteroatoms. The van der Waals surface area contributed by atoms with E-state index in [1.54, 1.807) is 16.7 Å². The SMILES string of the molecule is CC(C)c1ccc2c(c1)B1c3sc4cc5c(cc4c3N(c3ccc4c(c3)C(C)(C)CCC4(C)C)c3cc(C46CC7CC(CC(C7)C4)C6)cc(c31)N2c1cc2c(cc1-c1ccccc1)C(C)(C)CCC2(C)C)C(C)(C)CCC5(C)C. The Hall–Kier alpha value is -5.06. The lowest BCUT2D eigenvalue weighted by Crippen LogP contribution is -2.61. The lowest BCUT2D eigenvalue weighted by Gasteiger charge is -2.57. The fourth-order valence-electron chi connectivity index (χ4n) is 18.6. The van der Waals surface area contributed by atoms with Gasteiger partial charge in [-0.15, -0.1) is 11.3 Å². The Morgan fingerprint density at radius 3 is 1.58 bits per heavy atom. The number of fused-ring (bicyclic) bond motifs is 9. The second-order valence-electron chi connectivity index (χ2n) is 31.7. The van der Waals surface area contributed by atoms with Crippen molar-refractivity contribution < 1.29 is 0 Å². The van der Waals surface area contributed by atoms with E-state index in [2.05, 4.69) is 221 Å². The smallest absolute Gasteiger partial charge is 0.264 e. The third-order valence-electron chi connectivity index (χ3n) is 23.4. The van der Waals surface area contributed by atoms with Gasteiger partial charge < -0.3 is 9.80 Å². The van der Waals surface area contributed by atoms with Crippen molar-refractivity contribution >= 4 is 78.0 Å². The first kappa shape index (κ1) is 50.9. The van der Waals surface area contributed by atoms with Gasteiger partial charge in [0.25, 0.3) is 6.71 Å². The highest BCUT2D eigenvalue weighted by Crippen LogP contribution is 2.63. The summed E-state index contributed by atoms with van der Waals surface area (Å²) in [5.41, 5.74) is 26.9. The molecule has 7 aliphatic carbocycles. The average molecular weight is 1060 g/mol. The van der Waals surface area contributed by atoms with Crippen molar-refractivity contribution in [3.8, 4) is 11.1 Å². The highest BCUT2D eigenvalue weighted by Gasteiger charge is 2.54. The van der Waals surface area contributed by atoms with E-state index in [4.69, 9.17) is 0 Å². The summed E-state index contributed by atoms with van der Waals surface area (Å²) in [5, 5.41) is 1.45. The minimum absolute atomic E-state index is 0.0395. The van der Waals surface area contributed by atoms with Crippen LogP contribution in [0.15, 0.2) is 103 Å². The van der Waals surface area contributed by atoms with Crippen molar-refractivity contribution in [1.82, 2.24) is 0 Å². The molecule has 7 aromatic rings. The zero-order chi connectivity index (χ0) is 54.9. The van der Waals surface area contributed by atoms with Crippen LogP contribution in [0.4, 0.5) is 34.1 Å². The molecule has 0 atom stereocenters. The maximum atomic E-state index is 2.89. The Morgan fingerprint density at radius 2 is 1.00 bits per heavy atom. The molecule has 4 saturated carbocycles. The summed E-state index contributed by atoms with van der Waals surface area (Å²) in [6.45, 7) is 35.1. The van der Waals surface area contributed by atoms with Crippen molar-refractivity contribution in [1.29, 1.82) is 0 Å². The van der Waals surface area contributed by atoms with Gasteiger partial charge in [0.15, 0.2) is 0 Å². The van der Waals surface area contributed by atoms with E-state index < -0.39 is 0 Å². The normalized spacial score (nSPS) is 26.3. The van der Waals surface area contributed by atoms with Crippen LogP contribution in [-0.4, -0.2) is 6.71 Å². The van der Waals surface area contributed by atoms with Crippen molar-refractivity contribution in [3.05, 3.63) is 148 Å². The van der Waals surface area contributed by atoms with E-state index in [-0.39, 0.29) is 44.6 Å². The number of benzene rings is 6. The Labute approximate surface area is 479 Å². The number of thiophene rings is 1. The van der Waals surface area contributed by atoms with E-state index in [0.29, 0.717) is 5.92 Å². The van der Waals surface area contributed by atoms with E-state index >= 15 is 0 Å². The molecule has 6 aromatic carbocycles. The summed E-state index contributed by atoms with van der Waals surface area (Å²) in [6.07, 6.45) is 15.5. The van der Waals surface area contributed by atoms with E-state index in [9.17, 15) is 0 Å². The van der Waals surface area contributed by atoms with Crippen LogP contribution in [0, 0.1) is 17.8 Å². The first-order valence-electron chi connectivity index (χ1n) is 31.3. The third-order valence-corrected chi connectivity index (χ3v) is 24.6. The maximum Gasteiger partial charge on any atom is 0.264 e. The first-order chi connectivity index (χ1) is 37.3. The van der Waals surface area contributed by atoms with Gasteiger partial charge in [-0.3, -0.25) is 0 Å². The lowest BCUT2D eigenvalue weighted by atomic mass is 9.35. The number of hydrogen-bond donors (Lipinski definition) is 0. The molecule has 2 nitrogen and oxygen atoms in total. The van der Waals surface area contributed by atoms with Crippen LogP contribution in [0.3, 0.4) is 0 Å². The first-order valence-corrected chi connectivity index (χ1v) is 32.1. The maximum absolute atomic E-state index is 2.89. The molecule has 2 aliphatic heterocycles. The van der Waals surface area contributed by atoms with Crippen LogP contribution >= 0.6 is 11.3 Å². The molecule has 3 heterocycles. The number of rotatable bonds is 5. The highest BCUT2D eigenvalue weighted by atomic mass is 32.1. The van der Waals surface area contributed by atoms with Crippen molar-refractivity contribution in [2.75, 3.05) is 9.80 Å². The Morgan fingerprint density at radius 1 is 0.481 bits per heavy atom. The molecule has 16 rings (SSSR count). The molecule has 1 aromatic heterocycles. The molecule has 9 aliphatic rings. The Balaban J connectivity index is 1.10. The topological polar surface area (TPSA) is 6.48 Å². The molecule has 4 bridgehead atoms. The molecule has 0 saturated heterocycles. The van der Waals surface area contributed by atoms with Crippen LogP contribution in [-0.2, 0) is 37.9 Å². The third kappa shape index (κ3) is 7.39. The van der Waals surface area contributed by atoms with Crippen molar-refractivity contribution in [2.24, 2.45) is 17.8 Å². The summed E-state index contributed by atoms with van der Waals surface area (Å²) >= 11 is 2.12. The van der Waals surface area contributed by atoms with Crippen LogP contribution < -0.4 is 25.5 Å². The van der Waals surface area contributed by atoms with Gasteiger partial charge in [-0.25, -0.2) is 0 Å². The summed E-state index contributed by atoms with van der Waals surface area (Å²) in [5.74, 6) is 2.90. The summed E-state index contributed by atoms with van der Waals surface area (Å²) in [7, 11) is 0. The van der Waals surface area contributed by atoms with Gasteiger partial charge in [-0.2, -0.15) is 0 Å². The van der Waals surface area contributed by atoms with Crippen LogP contribution in [0.25, 0.3) is 21.2 Å². The minimum atomic E-state index is 0.0395. The van der Waals surface area contributed by atoms with E-state index in [0.717, 1.165) is 17.8 Å². The van der Waals surface area contributed by atoms with Crippen LogP contribution in [0.5, 0.6) is 0 Å². The van der Waals surface area contributed by atoms with Gasteiger partial charge in [0, 0.05) is 43.2 Å². The molecule has 0 unspecified atom stereocenters. The molecule has 0 spiro atoms. The van der Waals surface area contributed by atoms with Gasteiger partial charge in [0.05, 0.1) is 11.4 Å². The van der Waals surface area contributed by atoms with Gasteiger partial charge in [-0.05, 0) is 254 Å². The molecular formula is C75H87BN2S. The molecule has 0 radical (unpaired) electrons. The number of nitrogens with zero attached hydrogens (tertiary/aromatic N) is 2. The number of hydrogen-bond acceptors (Lipinski definition) is 3. The highest BCUT2D eigenvalue weighted by molar-refractivity contribution is 7.33. The van der Waals surface area contributed by atoms with Crippen LogP contribution in [0.1, 0.15) is 224 Å². The monoisotopic (exact) mass is 1060 g/mol. The van der Waals surface area contributed by atoms with E-state index in [1.165, 1.54) is 176 Å². The predicted molar refractivity (Wildman–Crippen MR) is 341 cm³/mol. The fourth-order valence-corrected chi connectivity index (χ4v) is 19.9. The van der Waals surface area contributed by atoms with Gasteiger partial charge in [0.2, 0.25) is 0 Å². The second kappa shape index (κ2) is 16.6. The summed E-state index contributed by atoms with van der Waals surface area (Å²) < 4.78 is 2.96. The quantitative estimate of drug-likeness (QED) is 0.159. The average Bonchev–Trinajstić information content (AvgIpc) is 2.92. The van der Waals surface area contributed by atoms with E-state index in [1.807, 2.05) is 0 Å². The van der Waals surface area contributed by atoms with Gasteiger partial charge in [-0.1, -0.05) is 145 Å². The van der Waals surface area contributed by atoms with Gasteiger partial charge in [0.1, 0.15) is 0 Å². The molecule has 0 amide bonds. The molecule has 406 valence electrons. The standard InChI is InChI=1S/C75H87BN2S/c1-44(2)49-20-23-61-60(33-49)76-66-63(77(51-21-22-54-55(36-51)70(5,6)25-24-69(54,3)4)67-53-38-57-59(40-65(53)79-68(67)76)74(13,14)29-27-72(57,9)10)34-50(75-41-45-30-46(42-75)32-47(31-45)43-75)35-64(66)78(61)62-39-58-56(71(7,8)26-28-73(58,11)12)37-52(62)48-18-16-15-17-19-48/h15-23,33-40,44-47H,24-32,41-43H2,1-14H3. The largest absolute Gasteiger partial charge is 0.311 e. The zero-order valence-corrected chi connectivity index (χ0v) is 51.3. The predicted octanol–water partition coefficient (Wildman–Crippen LogP) is 19.3. The van der Waals surface area contributed by atoms with Crippen LogP contribution in [0.2, 0.25) is 0 Å². The molecule has 0 N–H and O–H groups in total. The lowest BCUT2D eigenvalue weighted by molar-refractivity contribution is -0.00514. The number of anilines is 6.